The molecule has 1 saturated heterocycles. The number of hydrogen-bond donors (Lipinski definition) is 6. The Hall–Kier alpha value is -3.29. The fourth-order valence-electron chi connectivity index (χ4n) is 4.13. The van der Waals surface area contributed by atoms with Gasteiger partial charge in [0.05, 0.1) is 59.5 Å². The number of nitrogens with zero attached hydrogens (tertiary/aromatic N) is 2. The minimum Gasteiger partial charge on any atom is -1.00 e. The van der Waals surface area contributed by atoms with Gasteiger partial charge in [0.15, 0.2) is 6.54 Å². The fraction of sp³-hybridized carbons (Fsp3) is 0.360. The minimum absolute atomic E-state index is 0. The molecule has 0 atom stereocenters. The quantitative estimate of drug-likeness (QED) is 0.175. The molecule has 1 aliphatic heterocycles. The monoisotopic (exact) mass is 616 g/mol. The summed E-state index contributed by atoms with van der Waals surface area (Å²) in [4.78, 5) is 49.8. The number of benzene rings is 2. The normalized spacial score (nSPS) is 14.4. The fourth-order valence-corrected chi connectivity index (χ4v) is 4.55. The number of carbonyl (C=O) groups excluding carboxylic acids is 4. The number of nitrogens with one attached hydrogen (secondary N) is 4. The van der Waals surface area contributed by atoms with Crippen LogP contribution in [0.1, 0.15) is 13.8 Å². The van der Waals surface area contributed by atoms with E-state index in [4.69, 9.17) is 23.2 Å². The number of halogens is 3. The number of phenolic OH excluding ortho intramolecular Hbond substituents is 2. The summed E-state index contributed by atoms with van der Waals surface area (Å²) < 4.78 is 0.432. The molecule has 2 aromatic rings. The second-order valence-corrected chi connectivity index (χ2v) is 10.5. The molecule has 0 aliphatic carbocycles. The largest absolute Gasteiger partial charge is 1.00 e. The number of piperazine rings is 1. The number of likely N-dealkylation sites (N-methyl/N-ethyl adjacent to an activating group) is 1. The predicted octanol–water partition coefficient (Wildman–Crippen LogP) is -0.335. The van der Waals surface area contributed by atoms with Gasteiger partial charge in [0.2, 0.25) is 17.7 Å². The van der Waals surface area contributed by atoms with E-state index in [9.17, 15) is 29.4 Å². The van der Waals surface area contributed by atoms with E-state index in [-0.39, 0.29) is 93.4 Å². The lowest BCUT2D eigenvalue weighted by Crippen LogP contribution is -3.00. The van der Waals surface area contributed by atoms with Gasteiger partial charge in [-0.1, -0.05) is 23.2 Å². The Kier molecular flexibility index (Phi) is 11.4. The van der Waals surface area contributed by atoms with Crippen LogP contribution in [0.3, 0.4) is 0 Å². The molecule has 0 aromatic heterocycles. The van der Waals surface area contributed by atoms with Gasteiger partial charge in [-0.25, -0.2) is 0 Å². The molecule has 12 nitrogen and oxygen atoms in total. The van der Waals surface area contributed by atoms with Crippen LogP contribution in [0, 0.1) is 0 Å². The number of amides is 4. The van der Waals surface area contributed by atoms with Crippen LogP contribution in [-0.2, 0) is 19.2 Å². The third kappa shape index (κ3) is 9.14. The molecular weight excluding hydrogens is 587 g/mol. The summed E-state index contributed by atoms with van der Waals surface area (Å²) in [6, 6.07) is 5.27. The number of hydrogen-bond acceptors (Lipinski definition) is 7. The van der Waals surface area contributed by atoms with Crippen LogP contribution in [0.4, 0.5) is 22.7 Å². The van der Waals surface area contributed by atoms with Crippen molar-refractivity contribution < 1.29 is 46.3 Å². The molecule has 4 amide bonds. The summed E-state index contributed by atoms with van der Waals surface area (Å²) >= 11 is 12.4. The van der Waals surface area contributed by atoms with Crippen LogP contribution in [0.2, 0.25) is 10.0 Å². The van der Waals surface area contributed by atoms with E-state index >= 15 is 0 Å². The second-order valence-electron chi connectivity index (χ2n) is 9.66. The molecule has 1 fully saturated rings. The standard InChI is InChI=1S/C25H30Cl2N6O6.ClH/c1-14(34)28-20-8-16(26)18(10-22(20)36)30-24(38)12-32-4-6-33(3,7-5-32)13-25(39)31-19-11-23(37)21(9-17(19)27)29-15(2)35;/h8-11H,4-7,12-13H2,1-3H3,(H5-,28,29,30,31,34,35,36,37,38,39);1H. The van der Waals surface area contributed by atoms with Crippen molar-refractivity contribution in [2.45, 2.75) is 13.8 Å². The Labute approximate surface area is 247 Å². The van der Waals surface area contributed by atoms with Crippen molar-refractivity contribution in [3.8, 4) is 11.5 Å². The molecular formula is C25H31Cl3N6O6. The average Bonchev–Trinajstić information content (AvgIpc) is 2.81. The van der Waals surface area contributed by atoms with Gasteiger partial charge in [0.1, 0.15) is 11.5 Å². The van der Waals surface area contributed by atoms with Crippen molar-refractivity contribution in [1.82, 2.24) is 4.90 Å². The first-order chi connectivity index (χ1) is 18.2. The molecule has 6 N–H and O–H groups in total. The van der Waals surface area contributed by atoms with Crippen LogP contribution in [-0.4, -0.2) is 89.5 Å². The van der Waals surface area contributed by atoms with Gasteiger partial charge >= 0.3 is 0 Å². The smallest absolute Gasteiger partial charge is 0.279 e. The molecule has 40 heavy (non-hydrogen) atoms. The maximum atomic E-state index is 12.7. The van der Waals surface area contributed by atoms with Crippen molar-refractivity contribution in [3.05, 3.63) is 34.3 Å². The summed E-state index contributed by atoms with van der Waals surface area (Å²) in [5.41, 5.74) is 0.733. The molecule has 218 valence electrons. The number of rotatable bonds is 8. The topological polar surface area (TPSA) is 160 Å². The van der Waals surface area contributed by atoms with E-state index in [1.54, 1.807) is 0 Å². The van der Waals surface area contributed by atoms with Crippen LogP contribution in [0.15, 0.2) is 24.3 Å². The minimum atomic E-state index is -0.369. The highest BCUT2D eigenvalue weighted by molar-refractivity contribution is 6.34. The van der Waals surface area contributed by atoms with Gasteiger partial charge in [-0.15, -0.1) is 0 Å². The Bertz CT molecular complexity index is 1300. The van der Waals surface area contributed by atoms with Gasteiger partial charge < -0.3 is 48.4 Å². The highest BCUT2D eigenvalue weighted by atomic mass is 35.5. The van der Waals surface area contributed by atoms with Crippen LogP contribution in [0.25, 0.3) is 0 Å². The first-order valence-corrected chi connectivity index (χ1v) is 12.8. The van der Waals surface area contributed by atoms with Crippen LogP contribution >= 0.6 is 23.2 Å². The van der Waals surface area contributed by atoms with Crippen molar-refractivity contribution in [1.29, 1.82) is 0 Å². The Morgan fingerprint density at radius 3 is 1.62 bits per heavy atom. The summed E-state index contributed by atoms with van der Waals surface area (Å²) in [5.74, 6) is -1.81. The summed E-state index contributed by atoms with van der Waals surface area (Å²) in [7, 11) is 1.94. The van der Waals surface area contributed by atoms with E-state index in [0.29, 0.717) is 30.7 Å². The summed E-state index contributed by atoms with van der Waals surface area (Å²) in [6.07, 6.45) is 0. The molecule has 0 bridgehead atoms. The van der Waals surface area contributed by atoms with Crippen LogP contribution in [0.5, 0.6) is 11.5 Å². The number of anilines is 4. The second kappa shape index (κ2) is 13.9. The van der Waals surface area contributed by atoms with E-state index in [1.807, 2.05) is 11.9 Å². The molecule has 0 spiro atoms. The number of phenols is 2. The molecule has 1 heterocycles. The molecule has 0 radical (unpaired) electrons. The van der Waals surface area contributed by atoms with E-state index in [2.05, 4.69) is 21.3 Å². The number of carbonyl (C=O) groups is 4. The summed E-state index contributed by atoms with van der Waals surface area (Å²) in [5, 5.41) is 30.8. The lowest BCUT2D eigenvalue weighted by Gasteiger charge is -2.41. The maximum Gasteiger partial charge on any atom is 0.279 e. The molecule has 1 aliphatic rings. The van der Waals surface area contributed by atoms with Crippen molar-refractivity contribution in [3.63, 3.8) is 0 Å². The molecule has 0 saturated carbocycles. The highest BCUT2D eigenvalue weighted by Crippen LogP contribution is 2.35. The molecule has 0 unspecified atom stereocenters. The van der Waals surface area contributed by atoms with Crippen molar-refractivity contribution >= 4 is 69.6 Å². The zero-order valence-electron chi connectivity index (χ0n) is 22.1. The summed E-state index contributed by atoms with van der Waals surface area (Å²) in [6.45, 7) is 5.17. The lowest BCUT2D eigenvalue weighted by molar-refractivity contribution is -0.905. The Balaban J connectivity index is 0.00000560. The number of aromatic hydroxyl groups is 2. The first-order valence-electron chi connectivity index (χ1n) is 12.0. The highest BCUT2D eigenvalue weighted by Gasteiger charge is 2.32. The van der Waals surface area contributed by atoms with E-state index in [1.165, 1.54) is 38.1 Å². The zero-order chi connectivity index (χ0) is 28.9. The lowest BCUT2D eigenvalue weighted by atomic mass is 10.2. The van der Waals surface area contributed by atoms with Crippen molar-refractivity contribution in [2.75, 3.05) is 67.6 Å². The van der Waals surface area contributed by atoms with Crippen molar-refractivity contribution in [2.24, 2.45) is 0 Å². The third-order valence-corrected chi connectivity index (χ3v) is 6.77. The predicted molar refractivity (Wildman–Crippen MR) is 149 cm³/mol. The van der Waals surface area contributed by atoms with Gasteiger partial charge in [-0.3, -0.25) is 24.1 Å². The van der Waals surface area contributed by atoms with E-state index in [0.717, 1.165) is 0 Å². The maximum absolute atomic E-state index is 12.7. The Morgan fingerprint density at radius 1 is 0.775 bits per heavy atom. The van der Waals surface area contributed by atoms with Gasteiger partial charge in [-0.05, 0) is 12.1 Å². The van der Waals surface area contributed by atoms with Crippen LogP contribution < -0.4 is 33.7 Å². The average molecular weight is 618 g/mol. The zero-order valence-corrected chi connectivity index (χ0v) is 24.4. The number of quaternary nitrogens is 1. The molecule has 3 rings (SSSR count). The SMILES string of the molecule is CC(=O)Nc1cc(Cl)c(NC(=O)CN2CC[N+](C)(CC(=O)Nc3cc(O)c(NC(C)=O)cc3Cl)CC2)cc1O.[Cl-]. The first kappa shape index (κ1) is 32.9. The Morgan fingerprint density at radius 2 is 1.20 bits per heavy atom. The third-order valence-electron chi connectivity index (χ3n) is 6.14. The van der Waals surface area contributed by atoms with Gasteiger partial charge in [-0.2, -0.15) is 0 Å². The van der Waals surface area contributed by atoms with Gasteiger partial charge in [0.25, 0.3) is 5.91 Å². The van der Waals surface area contributed by atoms with Gasteiger partial charge in [0, 0.05) is 39.1 Å². The molecule has 2 aromatic carbocycles. The molecule has 15 heteroatoms. The van der Waals surface area contributed by atoms with E-state index < -0.39 is 0 Å².